The molecule has 214 valence electrons. The van der Waals surface area contributed by atoms with E-state index in [0.29, 0.717) is 5.92 Å². The third kappa shape index (κ3) is 11.3. The van der Waals surface area contributed by atoms with Gasteiger partial charge in [-0.1, -0.05) is 146 Å². The lowest BCUT2D eigenvalue weighted by molar-refractivity contribution is -0.710. The van der Waals surface area contributed by atoms with Crippen LogP contribution in [0.15, 0.2) is 66.9 Å². The third-order valence-corrected chi connectivity index (χ3v) is 8.37. The van der Waals surface area contributed by atoms with Crippen LogP contribution >= 0.6 is 0 Å². The molecule has 3 aromatic rings. The van der Waals surface area contributed by atoms with E-state index >= 15 is 0 Å². The van der Waals surface area contributed by atoms with Crippen molar-refractivity contribution in [1.82, 2.24) is 4.57 Å². The predicted octanol–water partition coefficient (Wildman–Crippen LogP) is 10.2. The number of hydrogen-bond donors (Lipinski definition) is 0. The maximum Gasteiger partial charge on any atom is 0.261 e. The highest BCUT2D eigenvalue weighted by Crippen LogP contribution is 2.21. The molecule has 0 spiro atoms. The van der Waals surface area contributed by atoms with Gasteiger partial charge < -0.3 is 0 Å². The molecular formula is C37H57N2+. The number of rotatable bonds is 21. The van der Waals surface area contributed by atoms with Crippen molar-refractivity contribution < 1.29 is 4.57 Å². The predicted molar refractivity (Wildman–Crippen MR) is 168 cm³/mol. The van der Waals surface area contributed by atoms with Crippen molar-refractivity contribution in [2.24, 2.45) is 0 Å². The summed E-state index contributed by atoms with van der Waals surface area (Å²) in [6.45, 7) is 9.30. The summed E-state index contributed by atoms with van der Waals surface area (Å²) >= 11 is 0. The van der Waals surface area contributed by atoms with E-state index < -0.39 is 0 Å². The summed E-state index contributed by atoms with van der Waals surface area (Å²) in [6, 6.07) is 22.2. The minimum absolute atomic E-state index is 0.519. The molecule has 0 amide bonds. The average molecular weight is 530 g/mol. The summed E-state index contributed by atoms with van der Waals surface area (Å²) < 4.78 is 5.34. The van der Waals surface area contributed by atoms with Crippen LogP contribution in [0.3, 0.4) is 0 Å². The van der Waals surface area contributed by atoms with Crippen molar-refractivity contribution in [2.75, 3.05) is 0 Å². The van der Waals surface area contributed by atoms with Crippen LogP contribution in [0.1, 0.15) is 139 Å². The molecule has 1 heterocycles. The van der Waals surface area contributed by atoms with Crippen LogP contribution in [0.2, 0.25) is 0 Å². The molecule has 39 heavy (non-hydrogen) atoms. The Morgan fingerprint density at radius 1 is 0.641 bits per heavy atom. The number of benzene rings is 2. The van der Waals surface area contributed by atoms with E-state index in [9.17, 15) is 0 Å². The van der Waals surface area contributed by atoms with Gasteiger partial charge in [-0.2, -0.15) is 0 Å². The van der Waals surface area contributed by atoms with Crippen molar-refractivity contribution in [3.05, 3.63) is 89.5 Å². The lowest BCUT2D eigenvalue weighted by atomic mass is 9.96. The number of aromatic nitrogens is 2. The standard InChI is InChI=1S/C37H57N2/c1-4-6-8-10-11-12-13-14-15-23-29-39-36(30-33(3)35-26-20-17-21-27-35)32-38(28-22-9-7-5-2)37(39)31-34-24-18-16-19-25-34/h16-21,24-27,32-33H,4-15,22-23,28-31H2,1-3H3/q+1. The highest BCUT2D eigenvalue weighted by Gasteiger charge is 2.25. The number of hydrogen-bond acceptors (Lipinski definition) is 0. The van der Waals surface area contributed by atoms with Gasteiger partial charge >= 0.3 is 0 Å². The molecule has 2 nitrogen and oxygen atoms in total. The maximum atomic E-state index is 2.72. The Balaban J connectivity index is 1.71. The normalized spacial score (nSPS) is 12.2. The molecule has 0 bridgehead atoms. The van der Waals surface area contributed by atoms with Gasteiger partial charge in [0.05, 0.1) is 19.5 Å². The Labute approximate surface area is 240 Å². The SMILES string of the molecule is CCCCCCCCCCCC[n+]1c(CC(C)c2ccccc2)cn(CCCCCC)c1Cc1ccccc1. The Bertz CT molecular complexity index is 1000. The second-order valence-corrected chi connectivity index (χ2v) is 11.8. The van der Waals surface area contributed by atoms with Gasteiger partial charge in [-0.25, -0.2) is 9.13 Å². The topological polar surface area (TPSA) is 8.81 Å². The first-order chi connectivity index (χ1) is 19.2. The van der Waals surface area contributed by atoms with Gasteiger partial charge in [-0.15, -0.1) is 0 Å². The fourth-order valence-electron chi connectivity index (χ4n) is 5.93. The molecular weight excluding hydrogens is 472 g/mol. The first kappa shape index (κ1) is 31.2. The maximum absolute atomic E-state index is 2.72. The summed E-state index contributed by atoms with van der Waals surface area (Å²) in [7, 11) is 0. The summed E-state index contributed by atoms with van der Waals surface area (Å²) in [6.07, 6.45) is 23.8. The van der Waals surface area contributed by atoms with Gasteiger partial charge in [-0.3, -0.25) is 0 Å². The van der Waals surface area contributed by atoms with Gasteiger partial charge in [0.25, 0.3) is 5.82 Å². The Morgan fingerprint density at radius 3 is 1.79 bits per heavy atom. The van der Waals surface area contributed by atoms with Gasteiger partial charge in [0.2, 0.25) is 0 Å². The first-order valence-electron chi connectivity index (χ1n) is 16.4. The third-order valence-electron chi connectivity index (χ3n) is 8.37. The number of nitrogens with zero attached hydrogens (tertiary/aromatic N) is 2. The monoisotopic (exact) mass is 529 g/mol. The molecule has 1 atom stereocenters. The zero-order chi connectivity index (χ0) is 27.5. The molecule has 0 N–H and O–H groups in total. The van der Waals surface area contributed by atoms with E-state index in [4.69, 9.17) is 0 Å². The van der Waals surface area contributed by atoms with E-state index in [2.05, 4.69) is 96.8 Å². The summed E-state index contributed by atoms with van der Waals surface area (Å²) in [5.74, 6) is 2.02. The van der Waals surface area contributed by atoms with Crippen LogP contribution in [0.4, 0.5) is 0 Å². The van der Waals surface area contributed by atoms with E-state index in [1.165, 1.54) is 113 Å². The van der Waals surface area contributed by atoms with E-state index in [1.807, 2.05) is 0 Å². The quantitative estimate of drug-likeness (QED) is 0.0958. The lowest BCUT2D eigenvalue weighted by Gasteiger charge is -2.12. The molecule has 0 saturated heterocycles. The summed E-state index contributed by atoms with van der Waals surface area (Å²) in [4.78, 5) is 0. The van der Waals surface area contributed by atoms with Crippen LogP contribution < -0.4 is 4.57 Å². The zero-order valence-electron chi connectivity index (χ0n) is 25.6. The van der Waals surface area contributed by atoms with Crippen LogP contribution in [-0.2, 0) is 25.9 Å². The second kappa shape index (κ2) is 18.9. The number of unbranched alkanes of at least 4 members (excludes halogenated alkanes) is 12. The molecule has 0 radical (unpaired) electrons. The minimum Gasteiger partial charge on any atom is -0.234 e. The van der Waals surface area contributed by atoms with Gasteiger partial charge in [-0.05, 0) is 42.7 Å². The largest absolute Gasteiger partial charge is 0.261 e. The Hall–Kier alpha value is -2.35. The molecule has 0 aliphatic heterocycles. The average Bonchev–Trinajstić information content (AvgIpc) is 3.28. The Morgan fingerprint density at radius 2 is 1.18 bits per heavy atom. The molecule has 3 rings (SSSR count). The molecule has 0 fully saturated rings. The van der Waals surface area contributed by atoms with Crippen LogP contribution in [0.5, 0.6) is 0 Å². The number of aryl methyl sites for hydroxylation is 1. The molecule has 1 unspecified atom stereocenters. The van der Waals surface area contributed by atoms with Crippen molar-refractivity contribution >= 4 is 0 Å². The first-order valence-corrected chi connectivity index (χ1v) is 16.4. The molecule has 0 aliphatic carbocycles. The summed E-state index contributed by atoms with van der Waals surface area (Å²) in [5.41, 5.74) is 4.39. The van der Waals surface area contributed by atoms with Crippen LogP contribution in [0.25, 0.3) is 0 Å². The highest BCUT2D eigenvalue weighted by molar-refractivity contribution is 5.21. The fourth-order valence-corrected chi connectivity index (χ4v) is 5.93. The van der Waals surface area contributed by atoms with Crippen molar-refractivity contribution in [1.29, 1.82) is 0 Å². The summed E-state index contributed by atoms with van der Waals surface area (Å²) in [5, 5.41) is 0. The van der Waals surface area contributed by atoms with Gasteiger partial charge in [0.1, 0.15) is 11.9 Å². The second-order valence-electron chi connectivity index (χ2n) is 11.8. The molecule has 0 aliphatic rings. The van der Waals surface area contributed by atoms with Crippen LogP contribution in [0, 0.1) is 0 Å². The highest BCUT2D eigenvalue weighted by atomic mass is 15.2. The van der Waals surface area contributed by atoms with E-state index in [0.717, 1.165) is 25.9 Å². The number of imidazole rings is 1. The van der Waals surface area contributed by atoms with Crippen LogP contribution in [-0.4, -0.2) is 4.57 Å². The van der Waals surface area contributed by atoms with Crippen molar-refractivity contribution in [3.8, 4) is 0 Å². The van der Waals surface area contributed by atoms with Crippen molar-refractivity contribution in [3.63, 3.8) is 0 Å². The zero-order valence-corrected chi connectivity index (χ0v) is 25.6. The van der Waals surface area contributed by atoms with E-state index in [1.54, 1.807) is 0 Å². The molecule has 1 aromatic heterocycles. The molecule has 2 aromatic carbocycles. The van der Waals surface area contributed by atoms with E-state index in [-0.39, 0.29) is 0 Å². The fraction of sp³-hybridized carbons (Fsp3) is 0.595. The lowest BCUT2D eigenvalue weighted by Crippen LogP contribution is -2.41. The Kier molecular flexibility index (Phi) is 15.1. The minimum atomic E-state index is 0.519. The molecule has 2 heteroatoms. The molecule has 0 saturated carbocycles. The smallest absolute Gasteiger partial charge is 0.234 e. The van der Waals surface area contributed by atoms with Crippen molar-refractivity contribution in [2.45, 2.75) is 143 Å². The van der Waals surface area contributed by atoms with Gasteiger partial charge in [0.15, 0.2) is 0 Å². The van der Waals surface area contributed by atoms with Gasteiger partial charge in [0, 0.05) is 6.42 Å².